The van der Waals surface area contributed by atoms with Crippen molar-refractivity contribution in [3.8, 4) is 11.5 Å². The molecule has 0 aliphatic heterocycles. The van der Waals surface area contributed by atoms with Crippen LogP contribution in [0.5, 0.6) is 11.5 Å². The molecule has 0 unspecified atom stereocenters. The van der Waals surface area contributed by atoms with Gasteiger partial charge in [0.15, 0.2) is 11.5 Å². The molecule has 0 aromatic heterocycles. The third kappa shape index (κ3) is 4.63. The standard InChI is InChI=1S/C15H22N2O5/c1-10(14(18)16-15(19)22-5)17(2)9-11-6-7-12(20-3)13(8-11)21-4/h6-8,10H,9H2,1-5H3,(H,16,18,19)/t10-/m1/s1. The molecule has 1 atom stereocenters. The van der Waals surface area contributed by atoms with Crippen molar-refractivity contribution in [2.24, 2.45) is 0 Å². The number of carbonyl (C=O) groups excluding carboxylic acids is 2. The molecule has 22 heavy (non-hydrogen) atoms. The van der Waals surface area contributed by atoms with Crippen molar-refractivity contribution in [1.29, 1.82) is 0 Å². The fourth-order valence-electron chi connectivity index (χ4n) is 1.86. The maximum Gasteiger partial charge on any atom is 0.413 e. The largest absolute Gasteiger partial charge is 0.493 e. The summed E-state index contributed by atoms with van der Waals surface area (Å²) in [7, 11) is 6.14. The second-order valence-electron chi connectivity index (χ2n) is 4.76. The third-order valence-electron chi connectivity index (χ3n) is 3.33. The predicted octanol–water partition coefficient (Wildman–Crippen LogP) is 1.41. The number of likely N-dealkylation sites (N-methyl/N-ethyl adjacent to an activating group) is 1. The third-order valence-corrected chi connectivity index (χ3v) is 3.33. The molecule has 0 saturated heterocycles. The lowest BCUT2D eigenvalue weighted by atomic mass is 10.1. The average Bonchev–Trinajstić information content (AvgIpc) is 2.53. The molecule has 0 radical (unpaired) electrons. The minimum Gasteiger partial charge on any atom is -0.493 e. The summed E-state index contributed by atoms with van der Waals surface area (Å²) in [5, 5.41) is 2.15. The monoisotopic (exact) mass is 310 g/mol. The van der Waals surface area contributed by atoms with Gasteiger partial charge in [0, 0.05) is 6.54 Å². The fraction of sp³-hybridized carbons (Fsp3) is 0.467. The lowest BCUT2D eigenvalue weighted by Gasteiger charge is -2.23. The van der Waals surface area contributed by atoms with Gasteiger partial charge >= 0.3 is 6.09 Å². The highest BCUT2D eigenvalue weighted by molar-refractivity contribution is 5.94. The summed E-state index contributed by atoms with van der Waals surface area (Å²) in [5.74, 6) is 0.847. The van der Waals surface area contributed by atoms with Crippen LogP contribution in [0.1, 0.15) is 12.5 Å². The Kier molecular flexibility index (Phi) is 6.65. The second-order valence-corrected chi connectivity index (χ2v) is 4.76. The Morgan fingerprint density at radius 3 is 2.36 bits per heavy atom. The number of ether oxygens (including phenoxy) is 3. The van der Waals surface area contributed by atoms with E-state index in [1.807, 2.05) is 12.1 Å². The van der Waals surface area contributed by atoms with Crippen molar-refractivity contribution in [2.75, 3.05) is 28.4 Å². The van der Waals surface area contributed by atoms with Crippen molar-refractivity contribution in [1.82, 2.24) is 10.2 Å². The summed E-state index contributed by atoms with van der Waals surface area (Å²) >= 11 is 0. The van der Waals surface area contributed by atoms with Crippen molar-refractivity contribution in [3.63, 3.8) is 0 Å². The van der Waals surface area contributed by atoms with Gasteiger partial charge in [-0.3, -0.25) is 15.0 Å². The maximum atomic E-state index is 11.9. The number of imide groups is 1. The van der Waals surface area contributed by atoms with Crippen LogP contribution in [0.25, 0.3) is 0 Å². The van der Waals surface area contributed by atoms with Crippen LogP contribution in [0.2, 0.25) is 0 Å². The lowest BCUT2D eigenvalue weighted by molar-refractivity contribution is -0.124. The van der Waals surface area contributed by atoms with E-state index < -0.39 is 18.0 Å². The molecule has 0 fully saturated rings. The molecule has 0 heterocycles. The molecular weight excluding hydrogens is 288 g/mol. The average molecular weight is 310 g/mol. The number of nitrogens with zero attached hydrogens (tertiary/aromatic N) is 1. The summed E-state index contributed by atoms with van der Waals surface area (Å²) in [5.41, 5.74) is 0.956. The van der Waals surface area contributed by atoms with Crippen LogP contribution in [-0.2, 0) is 16.1 Å². The molecule has 7 heteroatoms. The minimum atomic E-state index is -0.767. The van der Waals surface area contributed by atoms with E-state index in [-0.39, 0.29) is 0 Å². The molecule has 1 rings (SSSR count). The predicted molar refractivity (Wildman–Crippen MR) is 81.0 cm³/mol. The highest BCUT2D eigenvalue weighted by Crippen LogP contribution is 2.28. The van der Waals surface area contributed by atoms with Gasteiger partial charge in [-0.25, -0.2) is 4.79 Å². The van der Waals surface area contributed by atoms with Crippen molar-refractivity contribution >= 4 is 12.0 Å². The van der Waals surface area contributed by atoms with E-state index in [2.05, 4.69) is 10.1 Å². The number of hydrogen-bond acceptors (Lipinski definition) is 6. The van der Waals surface area contributed by atoms with Gasteiger partial charge in [-0.05, 0) is 31.7 Å². The first-order valence-electron chi connectivity index (χ1n) is 6.72. The van der Waals surface area contributed by atoms with Crippen molar-refractivity contribution < 1.29 is 23.8 Å². The van der Waals surface area contributed by atoms with Crippen LogP contribution < -0.4 is 14.8 Å². The number of hydrogen-bond donors (Lipinski definition) is 1. The van der Waals surface area contributed by atoms with Crippen molar-refractivity contribution in [2.45, 2.75) is 19.5 Å². The molecule has 0 spiro atoms. The number of rotatable bonds is 6. The zero-order valence-electron chi connectivity index (χ0n) is 13.5. The number of alkyl carbamates (subject to hydrolysis) is 1. The SMILES string of the molecule is COC(=O)NC(=O)[C@@H](C)N(C)Cc1ccc(OC)c(OC)c1. The first-order chi connectivity index (χ1) is 10.4. The van der Waals surface area contributed by atoms with Gasteiger partial charge < -0.3 is 14.2 Å². The molecule has 1 aromatic carbocycles. The molecule has 0 aliphatic carbocycles. The number of benzene rings is 1. The van der Waals surface area contributed by atoms with E-state index in [1.165, 1.54) is 7.11 Å². The van der Waals surface area contributed by atoms with Crippen LogP contribution in [-0.4, -0.2) is 51.3 Å². The number of amides is 2. The Balaban J connectivity index is 2.73. The first kappa shape index (κ1) is 17.8. The van der Waals surface area contributed by atoms with Crippen LogP contribution >= 0.6 is 0 Å². The lowest BCUT2D eigenvalue weighted by Crippen LogP contribution is -2.45. The number of nitrogens with one attached hydrogen (secondary N) is 1. The van der Waals surface area contributed by atoms with Crippen LogP contribution in [0.3, 0.4) is 0 Å². The fourth-order valence-corrected chi connectivity index (χ4v) is 1.86. The van der Waals surface area contributed by atoms with Crippen LogP contribution in [0.4, 0.5) is 4.79 Å². The molecule has 2 amide bonds. The van der Waals surface area contributed by atoms with Gasteiger partial charge in [0.25, 0.3) is 0 Å². The Labute approximate surface area is 130 Å². The van der Waals surface area contributed by atoms with Gasteiger partial charge in [-0.15, -0.1) is 0 Å². The summed E-state index contributed by atoms with van der Waals surface area (Å²) < 4.78 is 14.8. The summed E-state index contributed by atoms with van der Waals surface area (Å²) in [6, 6.07) is 5.05. The van der Waals surface area contributed by atoms with Gasteiger partial charge in [-0.1, -0.05) is 6.07 Å². The Hall–Kier alpha value is -2.28. The zero-order chi connectivity index (χ0) is 16.7. The molecule has 1 aromatic rings. The van der Waals surface area contributed by atoms with Gasteiger partial charge in [-0.2, -0.15) is 0 Å². The quantitative estimate of drug-likeness (QED) is 0.856. The van der Waals surface area contributed by atoms with E-state index in [9.17, 15) is 9.59 Å². The topological polar surface area (TPSA) is 77.1 Å². The molecule has 0 bridgehead atoms. The van der Waals surface area contributed by atoms with Crippen LogP contribution in [0, 0.1) is 0 Å². The molecule has 0 saturated carbocycles. The highest BCUT2D eigenvalue weighted by atomic mass is 16.5. The maximum absolute atomic E-state index is 11.9. The molecular formula is C15H22N2O5. The van der Waals surface area contributed by atoms with E-state index in [0.29, 0.717) is 18.0 Å². The summed E-state index contributed by atoms with van der Waals surface area (Å²) in [4.78, 5) is 24.7. The first-order valence-corrected chi connectivity index (χ1v) is 6.72. The van der Waals surface area contributed by atoms with E-state index >= 15 is 0 Å². The molecule has 122 valence electrons. The van der Waals surface area contributed by atoms with E-state index in [1.54, 1.807) is 39.2 Å². The van der Waals surface area contributed by atoms with Gasteiger partial charge in [0.2, 0.25) is 5.91 Å². The van der Waals surface area contributed by atoms with Gasteiger partial charge in [0.05, 0.1) is 27.4 Å². The highest BCUT2D eigenvalue weighted by Gasteiger charge is 2.20. The number of carbonyl (C=O) groups is 2. The van der Waals surface area contributed by atoms with Gasteiger partial charge in [0.1, 0.15) is 0 Å². The van der Waals surface area contributed by atoms with E-state index in [0.717, 1.165) is 5.56 Å². The minimum absolute atomic E-state index is 0.421. The number of methoxy groups -OCH3 is 3. The molecule has 7 nitrogen and oxygen atoms in total. The van der Waals surface area contributed by atoms with Crippen LogP contribution in [0.15, 0.2) is 18.2 Å². The van der Waals surface area contributed by atoms with E-state index in [4.69, 9.17) is 9.47 Å². The smallest absolute Gasteiger partial charge is 0.413 e. The normalized spacial score (nSPS) is 11.7. The summed E-state index contributed by atoms with van der Waals surface area (Å²) in [6.07, 6.45) is -0.767. The Bertz CT molecular complexity index is 533. The molecule has 0 aliphatic rings. The Morgan fingerprint density at radius 1 is 1.18 bits per heavy atom. The molecule has 1 N–H and O–H groups in total. The second kappa shape index (κ2) is 8.23. The Morgan fingerprint density at radius 2 is 1.82 bits per heavy atom. The zero-order valence-corrected chi connectivity index (χ0v) is 13.5. The summed E-state index contributed by atoms with van der Waals surface area (Å²) in [6.45, 7) is 2.22. The van der Waals surface area contributed by atoms with Crippen molar-refractivity contribution in [3.05, 3.63) is 23.8 Å².